The van der Waals surface area contributed by atoms with E-state index in [1.807, 2.05) is 23.1 Å². The average Bonchev–Trinajstić information content (AvgIpc) is 2.85. The van der Waals surface area contributed by atoms with E-state index in [1.165, 1.54) is 50.5 Å². The van der Waals surface area contributed by atoms with Crippen molar-refractivity contribution in [1.82, 2.24) is 14.8 Å². The normalized spacial score (nSPS) is 17.2. The molecule has 0 bridgehead atoms. The van der Waals surface area contributed by atoms with Crippen molar-refractivity contribution in [2.45, 2.75) is 51.4 Å². The number of piperazine rings is 1. The molecule has 0 atom stereocenters. The van der Waals surface area contributed by atoms with Gasteiger partial charge >= 0.3 is 6.03 Å². The summed E-state index contributed by atoms with van der Waals surface area (Å²) in [5, 5.41) is 2.86. The predicted molar refractivity (Wildman–Crippen MR) is 127 cm³/mol. The van der Waals surface area contributed by atoms with Crippen molar-refractivity contribution < 1.29 is 9.59 Å². The smallest absolute Gasteiger partial charge is 0.322 e. The second-order valence-electron chi connectivity index (χ2n) is 9.05. The third kappa shape index (κ3) is 6.09. The Morgan fingerprint density at radius 3 is 2.50 bits per heavy atom. The van der Waals surface area contributed by atoms with Crippen LogP contribution in [0, 0.1) is 5.92 Å². The molecule has 2 heterocycles. The molecular weight excluding hydrogens is 400 g/mol. The molecule has 1 aliphatic heterocycles. The number of rotatable bonds is 6. The minimum absolute atomic E-state index is 0.0615. The Hall–Kier alpha value is -2.89. The van der Waals surface area contributed by atoms with E-state index in [0.29, 0.717) is 31.9 Å². The molecule has 3 amide bonds. The number of amides is 3. The Kier molecular flexibility index (Phi) is 7.75. The molecule has 2 aliphatic rings. The highest BCUT2D eigenvalue weighted by atomic mass is 16.2. The first-order chi connectivity index (χ1) is 15.7. The van der Waals surface area contributed by atoms with Crippen LogP contribution in [0.5, 0.6) is 0 Å². The first-order valence-electron chi connectivity index (χ1n) is 12.0. The zero-order valence-corrected chi connectivity index (χ0v) is 18.8. The molecule has 1 saturated heterocycles. The highest BCUT2D eigenvalue weighted by Crippen LogP contribution is 2.28. The predicted octanol–water partition coefficient (Wildman–Crippen LogP) is 4.97. The van der Waals surface area contributed by atoms with Gasteiger partial charge in [-0.1, -0.05) is 50.7 Å². The van der Waals surface area contributed by atoms with Crippen LogP contribution in [-0.2, 0) is 6.42 Å². The minimum Gasteiger partial charge on any atom is -0.335 e. The van der Waals surface area contributed by atoms with Crippen LogP contribution >= 0.6 is 0 Å². The lowest BCUT2D eigenvalue weighted by Gasteiger charge is -2.34. The summed E-state index contributed by atoms with van der Waals surface area (Å²) in [6.07, 6.45) is 13.8. The molecule has 1 aliphatic carbocycles. The molecular formula is C26H34N4O2. The monoisotopic (exact) mass is 434 g/mol. The molecule has 1 aromatic heterocycles. The molecule has 1 N–H and O–H groups in total. The van der Waals surface area contributed by atoms with Gasteiger partial charge in [-0.2, -0.15) is 0 Å². The van der Waals surface area contributed by atoms with Crippen molar-refractivity contribution in [3.63, 3.8) is 0 Å². The number of urea groups is 1. The highest BCUT2D eigenvalue weighted by Gasteiger charge is 2.25. The summed E-state index contributed by atoms with van der Waals surface area (Å²) in [6.45, 7) is 2.15. The second kappa shape index (κ2) is 11.1. The van der Waals surface area contributed by atoms with E-state index in [2.05, 4.69) is 22.4 Å². The Morgan fingerprint density at radius 1 is 0.969 bits per heavy atom. The molecule has 0 unspecified atom stereocenters. The molecule has 6 nitrogen and oxygen atoms in total. The molecule has 4 rings (SSSR count). The third-order valence-corrected chi connectivity index (χ3v) is 6.74. The molecule has 1 aromatic carbocycles. The van der Waals surface area contributed by atoms with Crippen LogP contribution in [-0.4, -0.2) is 52.9 Å². The topological polar surface area (TPSA) is 65.5 Å². The van der Waals surface area contributed by atoms with Gasteiger partial charge in [0.2, 0.25) is 0 Å². The van der Waals surface area contributed by atoms with Crippen LogP contribution < -0.4 is 5.32 Å². The van der Waals surface area contributed by atoms with Crippen LogP contribution in [0.25, 0.3) is 0 Å². The lowest BCUT2D eigenvalue weighted by Crippen LogP contribution is -2.51. The van der Waals surface area contributed by atoms with E-state index in [4.69, 9.17) is 0 Å². The quantitative estimate of drug-likeness (QED) is 0.698. The number of benzene rings is 1. The van der Waals surface area contributed by atoms with E-state index in [1.54, 1.807) is 23.4 Å². The van der Waals surface area contributed by atoms with Gasteiger partial charge in [-0.25, -0.2) is 4.79 Å². The van der Waals surface area contributed by atoms with Crippen LogP contribution in [0.15, 0.2) is 48.8 Å². The van der Waals surface area contributed by atoms with E-state index >= 15 is 0 Å². The van der Waals surface area contributed by atoms with Crippen LogP contribution in [0.2, 0.25) is 0 Å². The molecule has 170 valence electrons. The summed E-state index contributed by atoms with van der Waals surface area (Å²) in [6, 6.07) is 11.6. The van der Waals surface area contributed by atoms with Crippen molar-refractivity contribution >= 4 is 17.6 Å². The molecule has 32 heavy (non-hydrogen) atoms. The fraction of sp³-hybridized carbons (Fsp3) is 0.500. The Morgan fingerprint density at radius 2 is 1.75 bits per heavy atom. The zero-order valence-electron chi connectivity index (χ0n) is 18.8. The SMILES string of the molecule is O=C(Nc1cccnc1)N1CCN(C(=O)c2cccc(CCCC3CCCCC3)c2)CC1. The number of aromatic nitrogens is 1. The fourth-order valence-corrected chi connectivity index (χ4v) is 4.86. The average molecular weight is 435 g/mol. The number of nitrogens with one attached hydrogen (secondary N) is 1. The van der Waals surface area contributed by atoms with Gasteiger partial charge in [-0.15, -0.1) is 0 Å². The number of pyridine rings is 1. The summed E-state index contributed by atoms with van der Waals surface area (Å²) in [4.78, 5) is 33.1. The maximum atomic E-state index is 13.0. The number of hydrogen-bond acceptors (Lipinski definition) is 3. The summed E-state index contributed by atoms with van der Waals surface area (Å²) >= 11 is 0. The van der Waals surface area contributed by atoms with E-state index < -0.39 is 0 Å². The first-order valence-corrected chi connectivity index (χ1v) is 12.0. The number of hydrogen-bond donors (Lipinski definition) is 1. The van der Waals surface area contributed by atoms with Crippen molar-refractivity contribution in [3.8, 4) is 0 Å². The summed E-state index contributed by atoms with van der Waals surface area (Å²) in [5.41, 5.74) is 2.69. The number of carbonyl (C=O) groups excluding carboxylic acids is 2. The second-order valence-corrected chi connectivity index (χ2v) is 9.05. The van der Waals surface area contributed by atoms with Crippen LogP contribution in [0.3, 0.4) is 0 Å². The fourth-order valence-electron chi connectivity index (χ4n) is 4.86. The highest BCUT2D eigenvalue weighted by molar-refractivity contribution is 5.95. The number of nitrogens with zero attached hydrogens (tertiary/aromatic N) is 3. The number of anilines is 1. The van der Waals surface area contributed by atoms with E-state index in [9.17, 15) is 9.59 Å². The third-order valence-electron chi connectivity index (χ3n) is 6.74. The van der Waals surface area contributed by atoms with Crippen molar-refractivity contribution in [3.05, 3.63) is 59.9 Å². The van der Waals surface area contributed by atoms with Gasteiger partial charge in [0.15, 0.2) is 0 Å². The van der Waals surface area contributed by atoms with Gasteiger partial charge in [0.1, 0.15) is 0 Å². The van der Waals surface area contributed by atoms with Gasteiger partial charge in [0.05, 0.1) is 11.9 Å². The molecule has 0 spiro atoms. The molecule has 6 heteroatoms. The summed E-state index contributed by atoms with van der Waals surface area (Å²) in [7, 11) is 0. The van der Waals surface area contributed by atoms with Crippen LogP contribution in [0.4, 0.5) is 10.5 Å². The van der Waals surface area contributed by atoms with Crippen molar-refractivity contribution in [2.75, 3.05) is 31.5 Å². The van der Waals surface area contributed by atoms with Crippen LogP contribution in [0.1, 0.15) is 60.9 Å². The summed E-state index contributed by atoms with van der Waals surface area (Å²) < 4.78 is 0. The Labute approximate surface area is 191 Å². The molecule has 1 saturated carbocycles. The Bertz CT molecular complexity index is 888. The molecule has 2 aromatic rings. The lowest BCUT2D eigenvalue weighted by atomic mass is 9.85. The van der Waals surface area contributed by atoms with Crippen molar-refractivity contribution in [1.29, 1.82) is 0 Å². The first kappa shape index (κ1) is 22.3. The zero-order chi connectivity index (χ0) is 22.2. The molecule has 0 radical (unpaired) electrons. The van der Waals surface area contributed by atoms with Crippen molar-refractivity contribution in [2.24, 2.45) is 5.92 Å². The molecule has 2 fully saturated rings. The van der Waals surface area contributed by atoms with Gasteiger partial charge in [0.25, 0.3) is 5.91 Å². The van der Waals surface area contributed by atoms with E-state index in [0.717, 1.165) is 17.9 Å². The largest absolute Gasteiger partial charge is 0.335 e. The lowest BCUT2D eigenvalue weighted by molar-refractivity contribution is 0.0671. The van der Waals surface area contributed by atoms with E-state index in [-0.39, 0.29) is 11.9 Å². The van der Waals surface area contributed by atoms with Gasteiger partial charge in [-0.05, 0) is 48.6 Å². The van der Waals surface area contributed by atoms with Gasteiger partial charge < -0.3 is 15.1 Å². The summed E-state index contributed by atoms with van der Waals surface area (Å²) in [5.74, 6) is 0.965. The Balaban J connectivity index is 1.24. The van der Waals surface area contributed by atoms with Gasteiger partial charge in [0, 0.05) is 37.9 Å². The maximum absolute atomic E-state index is 13.0. The van der Waals surface area contributed by atoms with Gasteiger partial charge in [-0.3, -0.25) is 9.78 Å². The minimum atomic E-state index is -0.148. The maximum Gasteiger partial charge on any atom is 0.322 e. The standard InChI is InChI=1S/C26H34N4O2/c31-25(23-12-5-11-22(19-23)10-4-9-21-7-2-1-3-8-21)29-15-17-30(18-16-29)26(32)28-24-13-6-14-27-20-24/h5-6,11-14,19-21H,1-4,7-10,15-18H2,(H,28,32). The number of carbonyl (C=O) groups is 2. The number of aryl methyl sites for hydroxylation is 1.